The molecule has 1 rings (SSSR count). The maximum Gasteiger partial charge on any atom is 0.311 e. The lowest BCUT2D eigenvalue weighted by atomic mass is 10.1. The van der Waals surface area contributed by atoms with Gasteiger partial charge in [0.15, 0.2) is 11.5 Å². The van der Waals surface area contributed by atoms with E-state index in [1.54, 1.807) is 18.2 Å². The average molecular weight is 350 g/mol. The summed E-state index contributed by atoms with van der Waals surface area (Å²) in [7, 11) is 0. The molecule has 0 bridgehead atoms. The zero-order valence-corrected chi connectivity index (χ0v) is 16.0. The molecule has 25 heavy (non-hydrogen) atoms. The summed E-state index contributed by atoms with van der Waals surface area (Å²) < 4.78 is 16.2. The van der Waals surface area contributed by atoms with Crippen molar-refractivity contribution in [2.45, 2.75) is 60.3 Å². The highest BCUT2D eigenvalue weighted by Gasteiger charge is 2.16. The minimum Gasteiger partial charge on any atom is -0.494 e. The van der Waals surface area contributed by atoms with E-state index in [1.807, 2.05) is 34.6 Å². The van der Waals surface area contributed by atoms with Crippen LogP contribution in [-0.2, 0) is 9.59 Å². The number of carbonyl (C=O) groups is 2. The molecule has 0 amide bonds. The molecule has 5 heteroatoms. The van der Waals surface area contributed by atoms with Gasteiger partial charge in [-0.2, -0.15) is 0 Å². The van der Waals surface area contributed by atoms with E-state index < -0.39 is 0 Å². The van der Waals surface area contributed by atoms with Gasteiger partial charge in [-0.15, -0.1) is 0 Å². The predicted octanol–water partition coefficient (Wildman–Crippen LogP) is 4.77. The van der Waals surface area contributed by atoms with E-state index in [0.29, 0.717) is 37.0 Å². The summed E-state index contributed by atoms with van der Waals surface area (Å²) in [5, 5.41) is 0. The van der Waals surface area contributed by atoms with Gasteiger partial charge in [0.1, 0.15) is 5.75 Å². The molecule has 0 fully saturated rings. The Morgan fingerprint density at radius 2 is 1.40 bits per heavy atom. The third-order valence-electron chi connectivity index (χ3n) is 3.53. The normalized spacial score (nSPS) is 10.8. The van der Waals surface area contributed by atoms with Crippen LogP contribution >= 0.6 is 0 Å². The van der Waals surface area contributed by atoms with Crippen molar-refractivity contribution in [2.24, 2.45) is 11.8 Å². The molecular weight excluding hydrogens is 320 g/mol. The molecule has 1 aromatic rings. The molecule has 1 aromatic carbocycles. The second-order valence-corrected chi connectivity index (χ2v) is 6.85. The van der Waals surface area contributed by atoms with Crippen LogP contribution < -0.4 is 14.2 Å². The van der Waals surface area contributed by atoms with E-state index in [9.17, 15) is 9.59 Å². The highest BCUT2D eigenvalue weighted by Crippen LogP contribution is 2.32. The number of rotatable bonds is 10. The molecule has 0 atom stereocenters. The first-order chi connectivity index (χ1) is 11.8. The van der Waals surface area contributed by atoms with Crippen LogP contribution in [0.25, 0.3) is 0 Å². The van der Waals surface area contributed by atoms with Crippen LogP contribution in [0.1, 0.15) is 60.3 Å². The minimum atomic E-state index is -0.346. The lowest BCUT2D eigenvalue weighted by Gasteiger charge is -2.13. The lowest BCUT2D eigenvalue weighted by Crippen LogP contribution is -2.13. The Labute approximate surface area is 150 Å². The first-order valence-corrected chi connectivity index (χ1v) is 9.00. The third kappa shape index (κ3) is 8.57. The zero-order chi connectivity index (χ0) is 18.8. The van der Waals surface area contributed by atoms with E-state index in [4.69, 9.17) is 14.2 Å². The van der Waals surface area contributed by atoms with Crippen molar-refractivity contribution in [3.63, 3.8) is 0 Å². The molecule has 0 aliphatic carbocycles. The van der Waals surface area contributed by atoms with Gasteiger partial charge in [-0.3, -0.25) is 9.59 Å². The van der Waals surface area contributed by atoms with Gasteiger partial charge in [0, 0.05) is 18.9 Å². The van der Waals surface area contributed by atoms with Crippen LogP contribution in [0.4, 0.5) is 0 Å². The van der Waals surface area contributed by atoms with E-state index in [2.05, 4.69) is 0 Å². The Morgan fingerprint density at radius 3 is 1.88 bits per heavy atom. The number of esters is 2. The van der Waals surface area contributed by atoms with Crippen LogP contribution in [0.2, 0.25) is 0 Å². The molecule has 0 aromatic heterocycles. The van der Waals surface area contributed by atoms with Crippen LogP contribution in [0.15, 0.2) is 18.2 Å². The standard InChI is InChI=1S/C20H30O5/c1-6-23-16-9-10-17(24-19(21)11-7-14(2)3)18(13-16)25-20(22)12-8-15(4)5/h9-10,13-15H,6-8,11-12H2,1-5H3. The molecule has 140 valence electrons. The van der Waals surface area contributed by atoms with Crippen molar-refractivity contribution in [2.75, 3.05) is 6.61 Å². The van der Waals surface area contributed by atoms with Gasteiger partial charge in [0.2, 0.25) is 0 Å². The van der Waals surface area contributed by atoms with Crippen LogP contribution in [0.3, 0.4) is 0 Å². The van der Waals surface area contributed by atoms with Gasteiger partial charge in [-0.1, -0.05) is 27.7 Å². The Hall–Kier alpha value is -2.04. The lowest BCUT2D eigenvalue weighted by molar-refractivity contribution is -0.137. The fourth-order valence-corrected chi connectivity index (χ4v) is 2.07. The van der Waals surface area contributed by atoms with Crippen LogP contribution in [-0.4, -0.2) is 18.5 Å². The third-order valence-corrected chi connectivity index (χ3v) is 3.53. The quantitative estimate of drug-likeness (QED) is 0.449. The zero-order valence-electron chi connectivity index (χ0n) is 16.0. The van der Waals surface area contributed by atoms with Crippen molar-refractivity contribution in [3.05, 3.63) is 18.2 Å². The van der Waals surface area contributed by atoms with Gasteiger partial charge in [0.25, 0.3) is 0 Å². The van der Waals surface area contributed by atoms with Crippen molar-refractivity contribution in [1.29, 1.82) is 0 Å². The Kier molecular flexibility index (Phi) is 9.03. The van der Waals surface area contributed by atoms with Gasteiger partial charge in [-0.25, -0.2) is 0 Å². The van der Waals surface area contributed by atoms with E-state index in [0.717, 1.165) is 12.8 Å². The summed E-state index contributed by atoms with van der Waals surface area (Å²) in [6.07, 6.45) is 2.13. The predicted molar refractivity (Wildman–Crippen MR) is 97.0 cm³/mol. The summed E-state index contributed by atoms with van der Waals surface area (Å²) in [5.41, 5.74) is 0. The number of carbonyl (C=O) groups excluding carboxylic acids is 2. The van der Waals surface area contributed by atoms with E-state index in [-0.39, 0.29) is 23.4 Å². The summed E-state index contributed by atoms with van der Waals surface area (Å²) in [6.45, 7) is 10.6. The maximum atomic E-state index is 12.0. The maximum absolute atomic E-state index is 12.0. The Bertz CT molecular complexity index is 563. The minimum absolute atomic E-state index is 0.220. The second-order valence-electron chi connectivity index (χ2n) is 6.85. The second kappa shape index (κ2) is 10.7. The van der Waals surface area contributed by atoms with E-state index in [1.165, 1.54) is 0 Å². The molecule has 5 nitrogen and oxygen atoms in total. The molecule has 0 aliphatic rings. The van der Waals surface area contributed by atoms with Crippen molar-refractivity contribution in [3.8, 4) is 17.2 Å². The summed E-state index contributed by atoms with van der Waals surface area (Å²) in [5.74, 6) is 1.18. The molecule has 0 spiro atoms. The van der Waals surface area contributed by atoms with Gasteiger partial charge in [0.05, 0.1) is 6.61 Å². The van der Waals surface area contributed by atoms with Crippen LogP contribution in [0.5, 0.6) is 17.2 Å². The molecule has 0 aliphatic heterocycles. The number of benzene rings is 1. The smallest absolute Gasteiger partial charge is 0.311 e. The molecule has 0 radical (unpaired) electrons. The Morgan fingerprint density at radius 1 is 0.880 bits per heavy atom. The Balaban J connectivity index is 2.84. The highest BCUT2D eigenvalue weighted by atomic mass is 16.6. The highest BCUT2D eigenvalue weighted by molar-refractivity contribution is 5.76. The molecule has 0 heterocycles. The molecule has 0 saturated heterocycles. The average Bonchev–Trinajstić information content (AvgIpc) is 2.53. The first kappa shape index (κ1) is 21.0. The van der Waals surface area contributed by atoms with Crippen molar-refractivity contribution >= 4 is 11.9 Å². The molecule has 0 saturated carbocycles. The van der Waals surface area contributed by atoms with Crippen molar-refractivity contribution < 1.29 is 23.8 Å². The topological polar surface area (TPSA) is 61.8 Å². The van der Waals surface area contributed by atoms with Crippen LogP contribution in [0, 0.1) is 11.8 Å². The SMILES string of the molecule is CCOc1ccc(OC(=O)CCC(C)C)c(OC(=O)CCC(C)C)c1. The van der Waals surface area contributed by atoms with Gasteiger partial charge >= 0.3 is 11.9 Å². The number of hydrogen-bond acceptors (Lipinski definition) is 5. The summed E-state index contributed by atoms with van der Waals surface area (Å²) in [4.78, 5) is 24.0. The first-order valence-electron chi connectivity index (χ1n) is 9.00. The summed E-state index contributed by atoms with van der Waals surface area (Å²) >= 11 is 0. The largest absolute Gasteiger partial charge is 0.494 e. The van der Waals surface area contributed by atoms with Gasteiger partial charge in [-0.05, 0) is 43.7 Å². The number of ether oxygens (including phenoxy) is 3. The summed E-state index contributed by atoms with van der Waals surface area (Å²) in [6, 6.07) is 4.88. The molecule has 0 unspecified atom stereocenters. The molecule has 0 N–H and O–H groups in total. The van der Waals surface area contributed by atoms with E-state index >= 15 is 0 Å². The fourth-order valence-electron chi connectivity index (χ4n) is 2.07. The fraction of sp³-hybridized carbons (Fsp3) is 0.600. The van der Waals surface area contributed by atoms with Crippen molar-refractivity contribution in [1.82, 2.24) is 0 Å². The number of hydrogen-bond donors (Lipinski definition) is 0. The van der Waals surface area contributed by atoms with Gasteiger partial charge < -0.3 is 14.2 Å². The molecular formula is C20H30O5. The monoisotopic (exact) mass is 350 g/mol.